The zero-order valence-corrected chi connectivity index (χ0v) is 15.6. The van der Waals surface area contributed by atoms with Crippen molar-refractivity contribution in [2.75, 3.05) is 0 Å². The molecule has 0 saturated heterocycles. The van der Waals surface area contributed by atoms with E-state index in [1.54, 1.807) is 5.51 Å². The first-order valence-corrected chi connectivity index (χ1v) is 9.43. The molecule has 0 radical (unpaired) electrons. The van der Waals surface area contributed by atoms with Gasteiger partial charge in [0.1, 0.15) is 5.51 Å². The Morgan fingerprint density at radius 2 is 2.00 bits per heavy atom. The van der Waals surface area contributed by atoms with Gasteiger partial charge in [-0.3, -0.25) is 4.79 Å². The Morgan fingerprint density at radius 1 is 1.30 bits per heavy atom. The molecule has 1 aromatic heterocycles. The molecule has 0 aliphatic rings. The van der Waals surface area contributed by atoms with Crippen molar-refractivity contribution < 1.29 is 4.79 Å². The Bertz CT molecular complexity index is 614. The van der Waals surface area contributed by atoms with E-state index >= 15 is 0 Å². The minimum atomic E-state index is -0.176. The number of benzene rings is 1. The highest BCUT2D eigenvalue weighted by Crippen LogP contribution is 2.29. The normalized spacial score (nSPS) is 14.3. The van der Waals surface area contributed by atoms with E-state index in [4.69, 9.17) is 0 Å². The molecule has 1 N–H and O–H groups in total. The van der Waals surface area contributed by atoms with Crippen LogP contribution >= 0.6 is 23.1 Å². The first kappa shape index (κ1) is 17.9. The van der Waals surface area contributed by atoms with Crippen molar-refractivity contribution in [3.05, 3.63) is 41.4 Å². The lowest BCUT2D eigenvalue weighted by Crippen LogP contribution is -2.40. The van der Waals surface area contributed by atoms with Crippen LogP contribution in [0.1, 0.15) is 39.7 Å². The Hall–Kier alpha value is -1.40. The van der Waals surface area contributed by atoms with Crippen LogP contribution in [-0.4, -0.2) is 27.4 Å². The lowest BCUT2D eigenvalue weighted by molar-refractivity contribution is -0.121. The van der Waals surface area contributed by atoms with Gasteiger partial charge in [0.15, 0.2) is 4.34 Å². The molecule has 2 atom stereocenters. The Balaban J connectivity index is 1.88. The maximum absolute atomic E-state index is 12.3. The monoisotopic (exact) mass is 349 g/mol. The molecular weight excluding hydrogens is 326 g/mol. The van der Waals surface area contributed by atoms with E-state index in [1.165, 1.54) is 28.7 Å². The number of nitrogens with zero attached hydrogens (tertiary/aromatic N) is 2. The molecule has 2 unspecified atom stereocenters. The fourth-order valence-electron chi connectivity index (χ4n) is 2.60. The van der Waals surface area contributed by atoms with E-state index < -0.39 is 0 Å². The summed E-state index contributed by atoms with van der Waals surface area (Å²) < 4.78 is 0.824. The SMILES string of the molecule is CC(CC(C)(C)c1ccccc1)NC(=O)C(C)Sc1nncs1. The minimum Gasteiger partial charge on any atom is -0.353 e. The van der Waals surface area contributed by atoms with Gasteiger partial charge in [0, 0.05) is 6.04 Å². The summed E-state index contributed by atoms with van der Waals surface area (Å²) in [6.45, 7) is 8.39. The predicted octanol–water partition coefficient (Wildman–Crippen LogP) is 3.89. The summed E-state index contributed by atoms with van der Waals surface area (Å²) in [5.74, 6) is 0.0431. The first-order valence-electron chi connectivity index (χ1n) is 7.67. The zero-order valence-electron chi connectivity index (χ0n) is 13.9. The third-order valence-electron chi connectivity index (χ3n) is 3.75. The lowest BCUT2D eigenvalue weighted by Gasteiger charge is -2.29. The van der Waals surface area contributed by atoms with Crippen molar-refractivity contribution in [2.24, 2.45) is 0 Å². The van der Waals surface area contributed by atoms with E-state index in [1.807, 2.05) is 13.0 Å². The van der Waals surface area contributed by atoms with E-state index in [0.29, 0.717) is 0 Å². The van der Waals surface area contributed by atoms with Crippen molar-refractivity contribution >= 4 is 29.0 Å². The van der Waals surface area contributed by atoms with Gasteiger partial charge in [-0.1, -0.05) is 67.3 Å². The summed E-state index contributed by atoms with van der Waals surface area (Å²) in [5.41, 5.74) is 2.99. The second-order valence-corrected chi connectivity index (χ2v) is 8.75. The summed E-state index contributed by atoms with van der Waals surface area (Å²) in [5, 5.41) is 10.7. The topological polar surface area (TPSA) is 54.9 Å². The number of aromatic nitrogens is 2. The van der Waals surface area contributed by atoms with Crippen molar-refractivity contribution in [1.29, 1.82) is 0 Å². The van der Waals surface area contributed by atoms with Gasteiger partial charge in [-0.05, 0) is 31.2 Å². The van der Waals surface area contributed by atoms with Crippen LogP contribution in [0, 0.1) is 0 Å². The first-order chi connectivity index (χ1) is 10.9. The van der Waals surface area contributed by atoms with Crippen molar-refractivity contribution in [1.82, 2.24) is 15.5 Å². The second-order valence-electron chi connectivity index (χ2n) is 6.33. The number of nitrogens with one attached hydrogen (secondary N) is 1. The molecule has 0 aliphatic heterocycles. The van der Waals surface area contributed by atoms with Crippen LogP contribution in [0.5, 0.6) is 0 Å². The highest BCUT2D eigenvalue weighted by molar-refractivity contribution is 8.02. The number of carbonyl (C=O) groups is 1. The molecular formula is C17H23N3OS2. The maximum atomic E-state index is 12.3. The number of hydrogen-bond donors (Lipinski definition) is 1. The van der Waals surface area contributed by atoms with Gasteiger partial charge in [0.2, 0.25) is 5.91 Å². The van der Waals surface area contributed by atoms with E-state index in [-0.39, 0.29) is 22.6 Å². The Labute approximate surface area is 146 Å². The predicted molar refractivity (Wildman–Crippen MR) is 96.9 cm³/mol. The van der Waals surface area contributed by atoms with Crippen LogP contribution < -0.4 is 5.32 Å². The minimum absolute atomic E-state index is 0.0174. The summed E-state index contributed by atoms with van der Waals surface area (Å²) in [4.78, 5) is 12.3. The van der Waals surface area contributed by atoms with Crippen molar-refractivity contribution in [3.8, 4) is 0 Å². The molecule has 23 heavy (non-hydrogen) atoms. The van der Waals surface area contributed by atoms with Gasteiger partial charge in [-0.2, -0.15) is 0 Å². The zero-order chi connectivity index (χ0) is 16.9. The number of hydrogen-bond acceptors (Lipinski definition) is 5. The van der Waals surface area contributed by atoms with Crippen LogP contribution in [0.3, 0.4) is 0 Å². The molecule has 0 saturated carbocycles. The van der Waals surface area contributed by atoms with E-state index in [2.05, 4.69) is 60.6 Å². The van der Waals surface area contributed by atoms with Gasteiger partial charge in [0.05, 0.1) is 5.25 Å². The standard InChI is InChI=1S/C17H23N3OS2/c1-12(10-17(3,4)14-8-6-5-7-9-14)19-15(21)13(2)23-16-20-18-11-22-16/h5-9,11-13H,10H2,1-4H3,(H,19,21). The van der Waals surface area contributed by atoms with Gasteiger partial charge in [-0.15, -0.1) is 10.2 Å². The van der Waals surface area contributed by atoms with Gasteiger partial charge in [0.25, 0.3) is 0 Å². The van der Waals surface area contributed by atoms with Crippen LogP contribution in [0.25, 0.3) is 0 Å². The molecule has 2 rings (SSSR count). The van der Waals surface area contributed by atoms with E-state index in [9.17, 15) is 4.79 Å². The third kappa shape index (κ3) is 5.32. The van der Waals surface area contributed by atoms with Gasteiger partial charge >= 0.3 is 0 Å². The fraction of sp³-hybridized carbons (Fsp3) is 0.471. The molecule has 0 fully saturated rings. The lowest BCUT2D eigenvalue weighted by atomic mass is 9.79. The second kappa shape index (κ2) is 7.93. The van der Waals surface area contributed by atoms with Crippen LogP contribution in [0.15, 0.2) is 40.2 Å². The third-order valence-corrected chi connectivity index (χ3v) is 5.66. The number of rotatable bonds is 7. The molecule has 1 amide bonds. The fourth-order valence-corrected chi connectivity index (χ4v) is 4.24. The smallest absolute Gasteiger partial charge is 0.233 e. The molecule has 0 spiro atoms. The Kier molecular flexibility index (Phi) is 6.18. The van der Waals surface area contributed by atoms with Crippen LogP contribution in [0.2, 0.25) is 0 Å². The summed E-state index contributed by atoms with van der Waals surface area (Å²) in [6.07, 6.45) is 0.888. The van der Waals surface area contributed by atoms with E-state index in [0.717, 1.165) is 10.8 Å². The van der Waals surface area contributed by atoms with Crippen LogP contribution in [0.4, 0.5) is 0 Å². The molecule has 124 valence electrons. The summed E-state index contributed by atoms with van der Waals surface area (Å²) in [7, 11) is 0. The van der Waals surface area contributed by atoms with Gasteiger partial charge in [-0.25, -0.2) is 0 Å². The molecule has 0 aliphatic carbocycles. The van der Waals surface area contributed by atoms with Crippen LogP contribution in [-0.2, 0) is 10.2 Å². The molecule has 1 aromatic carbocycles. The molecule has 0 bridgehead atoms. The molecule has 1 heterocycles. The van der Waals surface area contributed by atoms with Gasteiger partial charge < -0.3 is 5.32 Å². The summed E-state index contributed by atoms with van der Waals surface area (Å²) >= 11 is 2.90. The Morgan fingerprint density at radius 3 is 2.61 bits per heavy atom. The highest BCUT2D eigenvalue weighted by Gasteiger charge is 2.25. The molecule has 4 nitrogen and oxygen atoms in total. The largest absolute Gasteiger partial charge is 0.353 e. The van der Waals surface area contributed by atoms with Crippen molar-refractivity contribution in [3.63, 3.8) is 0 Å². The highest BCUT2D eigenvalue weighted by atomic mass is 32.2. The molecule has 2 aromatic rings. The molecule has 6 heteroatoms. The quantitative estimate of drug-likeness (QED) is 0.771. The number of thioether (sulfide) groups is 1. The summed E-state index contributed by atoms with van der Waals surface area (Å²) in [6, 6.07) is 10.5. The average Bonchev–Trinajstić information content (AvgIpc) is 3.00. The number of amides is 1. The maximum Gasteiger partial charge on any atom is 0.233 e. The average molecular weight is 350 g/mol. The number of carbonyl (C=O) groups excluding carboxylic acids is 1. The van der Waals surface area contributed by atoms with Crippen molar-refractivity contribution in [2.45, 2.75) is 55.2 Å².